The summed E-state index contributed by atoms with van der Waals surface area (Å²) in [4.78, 5) is 18.1. The molecule has 2 aromatic heterocycles. The van der Waals surface area contributed by atoms with E-state index in [9.17, 15) is 4.79 Å². The summed E-state index contributed by atoms with van der Waals surface area (Å²) < 4.78 is 19.6. The van der Waals surface area contributed by atoms with Crippen LogP contribution in [0.3, 0.4) is 0 Å². The van der Waals surface area contributed by atoms with Crippen molar-refractivity contribution in [2.75, 3.05) is 0 Å². The van der Waals surface area contributed by atoms with Gasteiger partial charge in [0.1, 0.15) is 11.4 Å². The molecule has 3 rings (SSSR count). The molecule has 33 heavy (non-hydrogen) atoms. The summed E-state index contributed by atoms with van der Waals surface area (Å²) >= 11 is 1.44. The maximum absolute atomic E-state index is 12.5. The van der Waals surface area contributed by atoms with Crippen molar-refractivity contribution < 1.29 is 18.6 Å². The van der Waals surface area contributed by atoms with Crippen LogP contribution in [0.2, 0.25) is 0 Å². The highest BCUT2D eigenvalue weighted by Crippen LogP contribution is 2.31. The molecular formula is C24H38N4O4S. The number of aromatic nitrogens is 3. The molecule has 2 heterocycles. The van der Waals surface area contributed by atoms with Crippen molar-refractivity contribution >= 4 is 17.9 Å². The Balaban J connectivity index is 1.57. The van der Waals surface area contributed by atoms with Crippen LogP contribution in [0.25, 0.3) is 0 Å². The van der Waals surface area contributed by atoms with Gasteiger partial charge in [0.25, 0.3) is 0 Å². The first kappa shape index (κ1) is 25.7. The molecule has 0 saturated heterocycles. The number of nitrogens with zero attached hydrogens (tertiary/aromatic N) is 3. The highest BCUT2D eigenvalue weighted by atomic mass is 32.2. The SMILES string of the molecule is Cc1noc(C)c1SNCc1noc([C@H](CCCC2CCCCC2)CC(=O)OC(C)(C)C)n1. The molecule has 1 aliphatic rings. The summed E-state index contributed by atoms with van der Waals surface area (Å²) in [6.45, 7) is 9.87. The van der Waals surface area contributed by atoms with Crippen LogP contribution >= 0.6 is 11.9 Å². The van der Waals surface area contributed by atoms with Crippen LogP contribution in [0.4, 0.5) is 0 Å². The summed E-state index contributed by atoms with van der Waals surface area (Å²) in [6.07, 6.45) is 10.1. The fourth-order valence-electron chi connectivity index (χ4n) is 4.32. The number of carbonyl (C=O) groups is 1. The molecule has 1 fully saturated rings. The summed E-state index contributed by atoms with van der Waals surface area (Å²) in [5.74, 6) is 2.31. The summed E-state index contributed by atoms with van der Waals surface area (Å²) in [6, 6.07) is 0. The van der Waals surface area contributed by atoms with Gasteiger partial charge in [-0.05, 0) is 58.9 Å². The minimum atomic E-state index is -0.511. The van der Waals surface area contributed by atoms with E-state index in [0.29, 0.717) is 18.3 Å². The highest BCUT2D eigenvalue weighted by molar-refractivity contribution is 7.97. The molecule has 0 aromatic carbocycles. The first-order chi connectivity index (χ1) is 15.7. The lowest BCUT2D eigenvalue weighted by atomic mass is 9.84. The van der Waals surface area contributed by atoms with Gasteiger partial charge in [0.15, 0.2) is 5.82 Å². The highest BCUT2D eigenvalue weighted by Gasteiger charge is 2.26. The van der Waals surface area contributed by atoms with Crippen molar-refractivity contribution in [3.63, 3.8) is 0 Å². The van der Waals surface area contributed by atoms with E-state index < -0.39 is 5.60 Å². The van der Waals surface area contributed by atoms with Gasteiger partial charge in [-0.1, -0.05) is 55.3 Å². The lowest BCUT2D eigenvalue weighted by Crippen LogP contribution is -2.25. The molecule has 1 N–H and O–H groups in total. The molecule has 0 radical (unpaired) electrons. The Bertz CT molecular complexity index is 864. The zero-order valence-electron chi connectivity index (χ0n) is 20.6. The number of rotatable bonds is 11. The molecule has 0 bridgehead atoms. The van der Waals surface area contributed by atoms with Crippen molar-refractivity contribution in [1.82, 2.24) is 20.0 Å². The number of nitrogens with one attached hydrogen (secondary N) is 1. The smallest absolute Gasteiger partial charge is 0.307 e. The molecule has 0 spiro atoms. The number of ether oxygens (including phenoxy) is 1. The molecule has 1 aliphatic carbocycles. The van der Waals surface area contributed by atoms with Crippen LogP contribution in [0.15, 0.2) is 13.9 Å². The number of esters is 1. The second kappa shape index (κ2) is 12.0. The van der Waals surface area contributed by atoms with Gasteiger partial charge in [-0.2, -0.15) is 4.98 Å². The maximum Gasteiger partial charge on any atom is 0.307 e. The second-order valence-corrected chi connectivity index (χ2v) is 10.9. The zero-order chi connectivity index (χ0) is 23.8. The van der Waals surface area contributed by atoms with Crippen LogP contribution in [0.1, 0.15) is 108 Å². The topological polar surface area (TPSA) is 103 Å². The van der Waals surface area contributed by atoms with E-state index in [2.05, 4.69) is 20.0 Å². The van der Waals surface area contributed by atoms with Crippen molar-refractivity contribution in [1.29, 1.82) is 0 Å². The minimum Gasteiger partial charge on any atom is -0.460 e. The Morgan fingerprint density at radius 2 is 1.94 bits per heavy atom. The molecule has 9 heteroatoms. The number of carbonyl (C=O) groups excluding carboxylic acids is 1. The van der Waals surface area contributed by atoms with Crippen molar-refractivity contribution in [2.45, 2.75) is 115 Å². The van der Waals surface area contributed by atoms with E-state index in [1.807, 2.05) is 34.6 Å². The summed E-state index contributed by atoms with van der Waals surface area (Å²) in [7, 11) is 0. The quantitative estimate of drug-likeness (QED) is 0.306. The average Bonchev–Trinajstić information content (AvgIpc) is 3.34. The van der Waals surface area contributed by atoms with Gasteiger partial charge in [0.2, 0.25) is 5.89 Å². The van der Waals surface area contributed by atoms with Crippen LogP contribution in [0.5, 0.6) is 0 Å². The van der Waals surface area contributed by atoms with Crippen LogP contribution < -0.4 is 4.72 Å². The molecular weight excluding hydrogens is 440 g/mol. The molecule has 8 nitrogen and oxygen atoms in total. The van der Waals surface area contributed by atoms with Gasteiger partial charge in [-0.3, -0.25) is 9.52 Å². The van der Waals surface area contributed by atoms with Crippen molar-refractivity contribution in [3.8, 4) is 0 Å². The fourth-order valence-corrected chi connectivity index (χ4v) is 5.04. The molecule has 184 valence electrons. The van der Waals surface area contributed by atoms with E-state index in [4.69, 9.17) is 13.8 Å². The summed E-state index contributed by atoms with van der Waals surface area (Å²) in [5, 5.41) is 8.08. The molecule has 0 aliphatic heterocycles. The van der Waals surface area contributed by atoms with E-state index >= 15 is 0 Å². The first-order valence-electron chi connectivity index (χ1n) is 12.1. The lowest BCUT2D eigenvalue weighted by Gasteiger charge is -2.23. The molecule has 0 amide bonds. The largest absolute Gasteiger partial charge is 0.460 e. The molecule has 1 atom stereocenters. The van der Waals surface area contributed by atoms with E-state index in [1.165, 1.54) is 50.5 Å². The average molecular weight is 479 g/mol. The van der Waals surface area contributed by atoms with Gasteiger partial charge >= 0.3 is 5.97 Å². The Morgan fingerprint density at radius 1 is 1.18 bits per heavy atom. The van der Waals surface area contributed by atoms with Crippen LogP contribution in [-0.4, -0.2) is 26.9 Å². The predicted molar refractivity (Wildman–Crippen MR) is 127 cm³/mol. The van der Waals surface area contributed by atoms with Gasteiger partial charge in [0.05, 0.1) is 23.6 Å². The van der Waals surface area contributed by atoms with Crippen LogP contribution in [-0.2, 0) is 16.1 Å². The van der Waals surface area contributed by atoms with E-state index in [1.54, 1.807) is 0 Å². The minimum absolute atomic E-state index is 0.125. The Hall–Kier alpha value is -1.87. The monoisotopic (exact) mass is 478 g/mol. The maximum atomic E-state index is 12.5. The van der Waals surface area contributed by atoms with E-state index in [0.717, 1.165) is 35.1 Å². The second-order valence-electron chi connectivity index (χ2n) is 10.0. The fraction of sp³-hybridized carbons (Fsp3) is 0.750. The normalized spacial score (nSPS) is 16.2. The zero-order valence-corrected chi connectivity index (χ0v) is 21.4. The predicted octanol–water partition coefficient (Wildman–Crippen LogP) is 6.04. The number of hydrogen-bond acceptors (Lipinski definition) is 9. The van der Waals surface area contributed by atoms with Gasteiger partial charge in [-0.25, -0.2) is 0 Å². The van der Waals surface area contributed by atoms with E-state index in [-0.39, 0.29) is 18.3 Å². The van der Waals surface area contributed by atoms with Gasteiger partial charge in [-0.15, -0.1) is 0 Å². The third kappa shape index (κ3) is 8.45. The molecule has 0 unspecified atom stereocenters. The van der Waals surface area contributed by atoms with Crippen molar-refractivity contribution in [2.24, 2.45) is 5.92 Å². The first-order valence-corrected chi connectivity index (χ1v) is 12.9. The summed E-state index contributed by atoms with van der Waals surface area (Å²) in [5.41, 5.74) is 0.331. The Morgan fingerprint density at radius 3 is 2.61 bits per heavy atom. The standard InChI is InChI=1S/C24H38N4O4S/c1-16-22(17(2)31-27-16)33-25-15-20-26-23(32-28-20)19(14-21(29)30-24(3,4)5)13-9-12-18-10-7-6-8-11-18/h18-19,25H,6-15H2,1-5H3/t19-/m1/s1. The molecule has 2 aromatic rings. The Kier molecular flexibility index (Phi) is 9.37. The van der Waals surface area contributed by atoms with Crippen molar-refractivity contribution in [3.05, 3.63) is 23.2 Å². The number of hydrogen-bond donors (Lipinski definition) is 1. The Labute approximate surface area is 201 Å². The third-order valence-corrected chi connectivity index (χ3v) is 7.00. The van der Waals surface area contributed by atoms with Gasteiger partial charge < -0.3 is 13.8 Å². The van der Waals surface area contributed by atoms with Gasteiger partial charge in [0, 0.05) is 5.92 Å². The lowest BCUT2D eigenvalue weighted by molar-refractivity contribution is -0.155. The molecule has 1 saturated carbocycles. The third-order valence-electron chi connectivity index (χ3n) is 5.93. The number of aryl methyl sites for hydroxylation is 2. The van der Waals surface area contributed by atoms with Crippen LogP contribution in [0, 0.1) is 19.8 Å².